The molecule has 6 heteroatoms. The molecular formula is C18H25NO5. The van der Waals surface area contributed by atoms with Gasteiger partial charge in [0.2, 0.25) is 0 Å². The highest BCUT2D eigenvalue weighted by Crippen LogP contribution is 2.18. The average molecular weight is 335 g/mol. The van der Waals surface area contributed by atoms with Crippen LogP contribution < -0.4 is 5.32 Å². The van der Waals surface area contributed by atoms with E-state index in [1.54, 1.807) is 71.9 Å². The molecule has 0 saturated heterocycles. The molecular weight excluding hydrogens is 310 g/mol. The molecule has 0 aliphatic heterocycles. The van der Waals surface area contributed by atoms with Gasteiger partial charge in [0, 0.05) is 0 Å². The van der Waals surface area contributed by atoms with Gasteiger partial charge >= 0.3 is 12.1 Å². The van der Waals surface area contributed by atoms with E-state index in [0.717, 1.165) is 0 Å². The maximum absolute atomic E-state index is 12.5. The van der Waals surface area contributed by atoms with Crippen LogP contribution in [0.5, 0.6) is 0 Å². The fraction of sp³-hybridized carbons (Fsp3) is 0.500. The highest BCUT2D eigenvalue weighted by Gasteiger charge is 2.33. The van der Waals surface area contributed by atoms with Crippen LogP contribution >= 0.6 is 0 Å². The number of alkyl carbamates (subject to hydrolysis) is 1. The quantitative estimate of drug-likeness (QED) is 0.675. The minimum absolute atomic E-state index is 0.471. The predicted octanol–water partition coefficient (Wildman–Crippen LogP) is 3.16. The normalized spacial score (nSPS) is 12.9. The molecule has 1 amide bonds. The SMILES string of the molecule is CC(C)(C)OC(=O)N[C@@H](C(=O)C(=O)OC(C)(C)C)c1ccccc1. The summed E-state index contributed by atoms with van der Waals surface area (Å²) in [5, 5.41) is 2.44. The minimum Gasteiger partial charge on any atom is -0.454 e. The first kappa shape index (κ1) is 19.7. The van der Waals surface area contributed by atoms with Crippen molar-refractivity contribution in [3.8, 4) is 0 Å². The van der Waals surface area contributed by atoms with Gasteiger partial charge in [-0.3, -0.25) is 4.79 Å². The monoisotopic (exact) mass is 335 g/mol. The van der Waals surface area contributed by atoms with Crippen molar-refractivity contribution in [2.45, 2.75) is 58.8 Å². The Morgan fingerprint density at radius 3 is 1.83 bits per heavy atom. The smallest absolute Gasteiger partial charge is 0.408 e. The number of ketones is 1. The minimum atomic E-state index is -1.17. The molecule has 0 fully saturated rings. The number of Topliss-reactive ketones (excluding diaryl/α,β-unsaturated/α-hetero) is 1. The Balaban J connectivity index is 3.00. The second-order valence-corrected chi connectivity index (χ2v) is 7.36. The van der Waals surface area contributed by atoms with Crippen LogP contribution in [0.2, 0.25) is 0 Å². The molecule has 24 heavy (non-hydrogen) atoms. The standard InChI is InChI=1S/C18H25NO5/c1-17(2,3)23-15(21)14(20)13(12-10-8-7-9-11-12)19-16(22)24-18(4,5)6/h7-11,13H,1-6H3,(H,19,22)/t13-/m1/s1. The number of carbonyl (C=O) groups is 3. The summed E-state index contributed by atoms with van der Waals surface area (Å²) in [7, 11) is 0. The maximum Gasteiger partial charge on any atom is 0.408 e. The molecule has 1 aromatic rings. The third kappa shape index (κ3) is 6.81. The van der Waals surface area contributed by atoms with Gasteiger partial charge in [0.25, 0.3) is 5.78 Å². The van der Waals surface area contributed by atoms with Crippen molar-refractivity contribution in [1.29, 1.82) is 0 Å². The van der Waals surface area contributed by atoms with E-state index >= 15 is 0 Å². The summed E-state index contributed by atoms with van der Waals surface area (Å²) in [6.45, 7) is 10.1. The number of hydrogen-bond donors (Lipinski definition) is 1. The van der Waals surface area contributed by atoms with Crippen LogP contribution in [0.25, 0.3) is 0 Å². The number of amides is 1. The van der Waals surface area contributed by atoms with Crippen molar-refractivity contribution in [3.63, 3.8) is 0 Å². The molecule has 0 aliphatic carbocycles. The van der Waals surface area contributed by atoms with Gasteiger partial charge in [-0.25, -0.2) is 9.59 Å². The van der Waals surface area contributed by atoms with Crippen LogP contribution in [-0.4, -0.2) is 29.0 Å². The highest BCUT2D eigenvalue weighted by molar-refractivity contribution is 6.36. The lowest BCUT2D eigenvalue weighted by atomic mass is 10.0. The van der Waals surface area contributed by atoms with Crippen LogP contribution in [0.1, 0.15) is 53.1 Å². The summed E-state index contributed by atoms with van der Waals surface area (Å²) >= 11 is 0. The summed E-state index contributed by atoms with van der Waals surface area (Å²) in [6, 6.07) is 7.31. The zero-order valence-electron chi connectivity index (χ0n) is 15.0. The molecule has 0 saturated carbocycles. The summed E-state index contributed by atoms with van der Waals surface area (Å²) < 4.78 is 10.3. The Morgan fingerprint density at radius 2 is 1.38 bits per heavy atom. The van der Waals surface area contributed by atoms with E-state index in [-0.39, 0.29) is 0 Å². The highest BCUT2D eigenvalue weighted by atomic mass is 16.6. The zero-order valence-corrected chi connectivity index (χ0v) is 15.0. The predicted molar refractivity (Wildman–Crippen MR) is 89.4 cm³/mol. The number of benzene rings is 1. The number of nitrogens with one attached hydrogen (secondary N) is 1. The number of carbonyl (C=O) groups excluding carboxylic acids is 3. The van der Waals surface area contributed by atoms with Crippen molar-refractivity contribution in [2.75, 3.05) is 0 Å². The number of ether oxygens (including phenoxy) is 2. The summed E-state index contributed by atoms with van der Waals surface area (Å²) in [4.78, 5) is 36.6. The molecule has 0 radical (unpaired) electrons. The van der Waals surface area contributed by atoms with Gasteiger partial charge in [-0.2, -0.15) is 0 Å². The molecule has 1 rings (SSSR count). The van der Waals surface area contributed by atoms with E-state index in [1.165, 1.54) is 0 Å². The lowest BCUT2D eigenvalue weighted by Crippen LogP contribution is -2.42. The molecule has 0 bridgehead atoms. The van der Waals surface area contributed by atoms with Gasteiger partial charge in [-0.15, -0.1) is 0 Å². The van der Waals surface area contributed by atoms with Gasteiger partial charge in [-0.1, -0.05) is 30.3 Å². The second-order valence-electron chi connectivity index (χ2n) is 7.36. The molecule has 1 N–H and O–H groups in total. The molecule has 0 spiro atoms. The Labute approximate surface area is 142 Å². The Bertz CT molecular complexity index is 596. The van der Waals surface area contributed by atoms with Gasteiger partial charge in [0.15, 0.2) is 0 Å². The van der Waals surface area contributed by atoms with E-state index in [9.17, 15) is 14.4 Å². The first-order valence-electron chi connectivity index (χ1n) is 7.71. The Hall–Kier alpha value is -2.37. The Morgan fingerprint density at radius 1 is 0.875 bits per heavy atom. The summed E-state index contributed by atoms with van der Waals surface area (Å²) in [5.41, 5.74) is -1.06. The van der Waals surface area contributed by atoms with Crippen molar-refractivity contribution in [1.82, 2.24) is 5.32 Å². The van der Waals surface area contributed by atoms with Gasteiger partial charge in [0.05, 0.1) is 0 Å². The fourth-order valence-electron chi connectivity index (χ4n) is 1.82. The topological polar surface area (TPSA) is 81.7 Å². The van der Waals surface area contributed by atoms with E-state index in [2.05, 4.69) is 5.32 Å². The van der Waals surface area contributed by atoms with Crippen molar-refractivity contribution in [3.05, 3.63) is 35.9 Å². The number of esters is 1. The van der Waals surface area contributed by atoms with E-state index in [1.807, 2.05) is 0 Å². The largest absolute Gasteiger partial charge is 0.454 e. The molecule has 0 unspecified atom stereocenters. The lowest BCUT2D eigenvalue weighted by Gasteiger charge is -2.24. The van der Waals surface area contributed by atoms with Crippen LogP contribution in [0, 0.1) is 0 Å². The summed E-state index contributed by atoms with van der Waals surface area (Å²) in [6.07, 6.45) is -0.784. The van der Waals surface area contributed by atoms with Gasteiger partial charge in [0.1, 0.15) is 17.2 Å². The molecule has 6 nitrogen and oxygen atoms in total. The van der Waals surface area contributed by atoms with Crippen molar-refractivity contribution < 1.29 is 23.9 Å². The van der Waals surface area contributed by atoms with E-state index in [4.69, 9.17) is 9.47 Å². The third-order valence-electron chi connectivity index (χ3n) is 2.66. The average Bonchev–Trinajstić information content (AvgIpc) is 2.41. The maximum atomic E-state index is 12.5. The molecule has 0 aromatic heterocycles. The molecule has 0 heterocycles. The van der Waals surface area contributed by atoms with Gasteiger partial charge < -0.3 is 14.8 Å². The van der Waals surface area contributed by atoms with E-state index < -0.39 is 35.1 Å². The van der Waals surface area contributed by atoms with Crippen LogP contribution in [0.3, 0.4) is 0 Å². The van der Waals surface area contributed by atoms with Crippen molar-refractivity contribution >= 4 is 17.8 Å². The summed E-state index contributed by atoms with van der Waals surface area (Å²) in [5.74, 6) is -1.87. The molecule has 0 aliphatic rings. The molecule has 132 valence electrons. The van der Waals surface area contributed by atoms with E-state index in [0.29, 0.717) is 5.56 Å². The second kappa shape index (κ2) is 7.47. The zero-order chi connectivity index (χ0) is 18.5. The first-order chi connectivity index (χ1) is 10.9. The van der Waals surface area contributed by atoms with Crippen molar-refractivity contribution in [2.24, 2.45) is 0 Å². The van der Waals surface area contributed by atoms with Gasteiger partial charge in [-0.05, 0) is 47.1 Å². The molecule has 1 atom stereocenters. The third-order valence-corrected chi connectivity index (χ3v) is 2.66. The number of rotatable bonds is 4. The van der Waals surface area contributed by atoms with Crippen LogP contribution in [0.15, 0.2) is 30.3 Å². The van der Waals surface area contributed by atoms with Crippen LogP contribution in [-0.2, 0) is 19.1 Å². The lowest BCUT2D eigenvalue weighted by molar-refractivity contribution is -0.163. The Kier molecular flexibility index (Phi) is 6.12. The van der Waals surface area contributed by atoms with Crippen LogP contribution in [0.4, 0.5) is 4.79 Å². The first-order valence-corrected chi connectivity index (χ1v) is 7.71. The molecule has 1 aromatic carbocycles. The fourth-order valence-corrected chi connectivity index (χ4v) is 1.82. The number of hydrogen-bond acceptors (Lipinski definition) is 5.